The first-order valence-electron chi connectivity index (χ1n) is 7.97. The second-order valence-electron chi connectivity index (χ2n) is 6.33. The Hall–Kier alpha value is -1.55. The van der Waals surface area contributed by atoms with E-state index in [0.29, 0.717) is 0 Å². The lowest BCUT2D eigenvalue weighted by molar-refractivity contribution is -0.117. The molecule has 2 fully saturated rings. The Kier molecular flexibility index (Phi) is 4.44. The van der Waals surface area contributed by atoms with Crippen LogP contribution in [0.2, 0.25) is 0 Å². The Labute approximate surface area is 126 Å². The molecule has 21 heavy (non-hydrogen) atoms. The van der Waals surface area contributed by atoms with Crippen molar-refractivity contribution in [2.45, 2.75) is 26.2 Å². The van der Waals surface area contributed by atoms with Crippen molar-refractivity contribution in [2.75, 3.05) is 31.6 Å². The lowest BCUT2D eigenvalue weighted by Crippen LogP contribution is -2.25. The Bertz CT molecular complexity index is 482. The molecule has 1 saturated heterocycles. The fraction of sp³-hybridized carbons (Fsp3) is 0.588. The molecule has 1 saturated carbocycles. The number of hydrogen-bond donors (Lipinski definition) is 1. The zero-order valence-corrected chi connectivity index (χ0v) is 12.7. The molecule has 1 amide bonds. The first kappa shape index (κ1) is 14.4. The van der Waals surface area contributed by atoms with Gasteiger partial charge < -0.3 is 10.1 Å². The number of ether oxygens (including phenoxy) is 1. The van der Waals surface area contributed by atoms with Crippen LogP contribution in [0.1, 0.15) is 26.2 Å². The van der Waals surface area contributed by atoms with Crippen LogP contribution < -0.4 is 10.1 Å². The molecule has 0 spiro atoms. The molecule has 3 rings (SSSR count). The van der Waals surface area contributed by atoms with Crippen molar-refractivity contribution < 1.29 is 9.53 Å². The number of hydrogen-bond acceptors (Lipinski definition) is 3. The second kappa shape index (κ2) is 6.48. The highest BCUT2D eigenvalue weighted by molar-refractivity contribution is 5.94. The van der Waals surface area contributed by atoms with Crippen molar-refractivity contribution in [3.8, 4) is 5.75 Å². The highest BCUT2D eigenvalue weighted by Crippen LogP contribution is 2.30. The summed E-state index contributed by atoms with van der Waals surface area (Å²) in [6.07, 6.45) is 3.36. The minimum atomic E-state index is 0.145. The first-order chi connectivity index (χ1) is 10.2. The van der Waals surface area contributed by atoms with Crippen molar-refractivity contribution in [3.63, 3.8) is 0 Å². The van der Waals surface area contributed by atoms with Gasteiger partial charge in [0, 0.05) is 24.7 Å². The van der Waals surface area contributed by atoms with E-state index in [0.717, 1.165) is 43.3 Å². The second-order valence-corrected chi connectivity index (χ2v) is 6.33. The molecule has 0 aromatic heterocycles. The predicted molar refractivity (Wildman–Crippen MR) is 83.5 cm³/mol. The number of likely N-dealkylation sites (tertiary alicyclic amines) is 1. The molecule has 1 aromatic rings. The largest absolute Gasteiger partial charge is 0.492 e. The van der Waals surface area contributed by atoms with Gasteiger partial charge >= 0.3 is 0 Å². The maximum atomic E-state index is 11.7. The quantitative estimate of drug-likeness (QED) is 0.875. The summed E-state index contributed by atoms with van der Waals surface area (Å²) in [7, 11) is 0. The van der Waals surface area contributed by atoms with Crippen LogP contribution in [-0.4, -0.2) is 37.0 Å². The van der Waals surface area contributed by atoms with E-state index in [9.17, 15) is 4.79 Å². The molecule has 114 valence electrons. The topological polar surface area (TPSA) is 41.6 Å². The summed E-state index contributed by atoms with van der Waals surface area (Å²) in [5.74, 6) is 2.07. The van der Waals surface area contributed by atoms with E-state index in [1.54, 1.807) is 0 Å². The molecule has 4 nitrogen and oxygen atoms in total. The Balaban J connectivity index is 1.40. The van der Waals surface area contributed by atoms with Crippen molar-refractivity contribution in [2.24, 2.45) is 11.8 Å². The van der Waals surface area contributed by atoms with Crippen molar-refractivity contribution in [1.82, 2.24) is 4.90 Å². The summed E-state index contributed by atoms with van der Waals surface area (Å²) >= 11 is 0. The van der Waals surface area contributed by atoms with E-state index in [-0.39, 0.29) is 11.8 Å². The van der Waals surface area contributed by atoms with Crippen LogP contribution in [0.3, 0.4) is 0 Å². The minimum Gasteiger partial charge on any atom is -0.492 e. The van der Waals surface area contributed by atoms with E-state index in [1.807, 2.05) is 24.3 Å². The molecule has 2 aliphatic rings. The zero-order chi connectivity index (χ0) is 14.7. The normalized spacial score (nSPS) is 22.2. The zero-order valence-electron chi connectivity index (χ0n) is 12.7. The van der Waals surface area contributed by atoms with Gasteiger partial charge in [0.2, 0.25) is 5.91 Å². The molecule has 0 bridgehead atoms. The maximum absolute atomic E-state index is 11.7. The van der Waals surface area contributed by atoms with Gasteiger partial charge in [-0.3, -0.25) is 9.69 Å². The lowest BCUT2D eigenvalue weighted by atomic mass is 10.2. The number of carbonyl (C=O) groups excluding carboxylic acids is 1. The first-order valence-corrected chi connectivity index (χ1v) is 7.97. The van der Waals surface area contributed by atoms with Gasteiger partial charge in [0.15, 0.2) is 0 Å². The van der Waals surface area contributed by atoms with Crippen LogP contribution in [0.4, 0.5) is 5.69 Å². The van der Waals surface area contributed by atoms with E-state index in [2.05, 4.69) is 17.1 Å². The van der Waals surface area contributed by atoms with Gasteiger partial charge in [0.25, 0.3) is 0 Å². The number of amides is 1. The molecule has 1 N–H and O–H groups in total. The predicted octanol–water partition coefficient (Wildman–Crippen LogP) is 2.76. The van der Waals surface area contributed by atoms with Crippen molar-refractivity contribution in [3.05, 3.63) is 24.3 Å². The average Bonchev–Trinajstić information content (AvgIpc) is 3.25. The summed E-state index contributed by atoms with van der Waals surface area (Å²) in [4.78, 5) is 14.1. The van der Waals surface area contributed by atoms with Crippen molar-refractivity contribution >= 4 is 11.6 Å². The lowest BCUT2D eigenvalue weighted by Gasteiger charge is -2.15. The SMILES string of the molecule is C[C@H]1CCN(CCOc2ccc(NC(=O)C3CC3)cc2)C1. The summed E-state index contributed by atoms with van der Waals surface area (Å²) in [6, 6.07) is 7.67. The summed E-state index contributed by atoms with van der Waals surface area (Å²) in [5.41, 5.74) is 0.854. The third-order valence-corrected chi connectivity index (χ3v) is 4.25. The van der Waals surface area contributed by atoms with Crippen LogP contribution in [0, 0.1) is 11.8 Å². The summed E-state index contributed by atoms with van der Waals surface area (Å²) in [5, 5.41) is 2.93. The monoisotopic (exact) mass is 288 g/mol. The number of carbonyl (C=O) groups is 1. The Morgan fingerprint density at radius 1 is 1.29 bits per heavy atom. The van der Waals surface area contributed by atoms with Crippen LogP contribution >= 0.6 is 0 Å². The molecule has 0 radical (unpaired) electrons. The summed E-state index contributed by atoms with van der Waals surface area (Å²) in [6.45, 7) is 6.40. The number of nitrogens with zero attached hydrogens (tertiary/aromatic N) is 1. The fourth-order valence-corrected chi connectivity index (χ4v) is 2.75. The molecule has 1 aliphatic heterocycles. The number of benzene rings is 1. The third-order valence-electron chi connectivity index (χ3n) is 4.25. The minimum absolute atomic E-state index is 0.145. The summed E-state index contributed by atoms with van der Waals surface area (Å²) < 4.78 is 5.77. The molecule has 0 unspecified atom stereocenters. The standard InChI is InChI=1S/C17H24N2O2/c1-13-8-9-19(12-13)10-11-21-16-6-4-15(5-7-16)18-17(20)14-2-3-14/h4-7,13-14H,2-3,8-12H2,1H3,(H,18,20)/t13-/m0/s1. The average molecular weight is 288 g/mol. The highest BCUT2D eigenvalue weighted by atomic mass is 16.5. The molecule has 1 aliphatic carbocycles. The number of nitrogens with one attached hydrogen (secondary N) is 1. The van der Waals surface area contributed by atoms with Gasteiger partial charge in [-0.1, -0.05) is 6.92 Å². The van der Waals surface area contributed by atoms with Crippen LogP contribution in [-0.2, 0) is 4.79 Å². The van der Waals surface area contributed by atoms with Gasteiger partial charge in [-0.15, -0.1) is 0 Å². The molecule has 4 heteroatoms. The van der Waals surface area contributed by atoms with Gasteiger partial charge in [-0.25, -0.2) is 0 Å². The number of rotatable bonds is 6. The van der Waals surface area contributed by atoms with Gasteiger partial charge in [-0.2, -0.15) is 0 Å². The smallest absolute Gasteiger partial charge is 0.227 e. The Morgan fingerprint density at radius 3 is 2.67 bits per heavy atom. The molecule has 1 aromatic carbocycles. The number of anilines is 1. The van der Waals surface area contributed by atoms with Gasteiger partial charge in [0.05, 0.1) is 0 Å². The molecular weight excluding hydrogens is 264 g/mol. The van der Waals surface area contributed by atoms with Crippen molar-refractivity contribution in [1.29, 1.82) is 0 Å². The van der Waals surface area contributed by atoms with Gasteiger partial charge in [0.1, 0.15) is 12.4 Å². The third kappa shape index (κ3) is 4.21. The van der Waals surface area contributed by atoms with E-state index in [4.69, 9.17) is 4.74 Å². The molecule has 1 heterocycles. The van der Waals surface area contributed by atoms with Gasteiger partial charge in [-0.05, 0) is 56.0 Å². The van der Waals surface area contributed by atoms with Crippen LogP contribution in [0.25, 0.3) is 0 Å². The molecular formula is C17H24N2O2. The van der Waals surface area contributed by atoms with E-state index >= 15 is 0 Å². The Morgan fingerprint density at radius 2 is 2.05 bits per heavy atom. The van der Waals surface area contributed by atoms with E-state index in [1.165, 1.54) is 19.5 Å². The highest BCUT2D eigenvalue weighted by Gasteiger charge is 2.29. The fourth-order valence-electron chi connectivity index (χ4n) is 2.75. The van der Waals surface area contributed by atoms with E-state index < -0.39 is 0 Å². The van der Waals surface area contributed by atoms with Crippen LogP contribution in [0.5, 0.6) is 5.75 Å². The maximum Gasteiger partial charge on any atom is 0.227 e. The molecule has 1 atom stereocenters. The van der Waals surface area contributed by atoms with Crippen LogP contribution in [0.15, 0.2) is 24.3 Å².